The lowest BCUT2D eigenvalue weighted by atomic mass is 10.2. The number of aromatic nitrogens is 3. The van der Waals surface area contributed by atoms with Crippen LogP contribution >= 0.6 is 0 Å². The van der Waals surface area contributed by atoms with Crippen LogP contribution in [-0.4, -0.2) is 40.3 Å². The van der Waals surface area contributed by atoms with Gasteiger partial charge in [0.25, 0.3) is 0 Å². The van der Waals surface area contributed by atoms with Crippen molar-refractivity contribution in [2.24, 2.45) is 0 Å². The fraction of sp³-hybridized carbons (Fsp3) is 0.409. The van der Waals surface area contributed by atoms with Gasteiger partial charge in [-0.2, -0.15) is 0 Å². The summed E-state index contributed by atoms with van der Waals surface area (Å²) in [7, 11) is 0. The average molecular weight is 407 g/mol. The van der Waals surface area contributed by atoms with Crippen LogP contribution < -0.4 is 20.1 Å². The van der Waals surface area contributed by atoms with Crippen molar-refractivity contribution in [3.05, 3.63) is 42.4 Å². The lowest BCUT2D eigenvalue weighted by molar-refractivity contribution is 0.171. The summed E-state index contributed by atoms with van der Waals surface area (Å²) in [5, 5.41) is 5.78. The first kappa shape index (κ1) is 18.7. The normalized spacial score (nSPS) is 16.0. The number of fused-ring (bicyclic) bond motifs is 2. The first-order valence-electron chi connectivity index (χ1n) is 10.5. The first-order chi connectivity index (χ1) is 14.8. The zero-order valence-corrected chi connectivity index (χ0v) is 16.8. The van der Waals surface area contributed by atoms with Crippen molar-refractivity contribution in [2.45, 2.75) is 38.1 Å². The van der Waals surface area contributed by atoms with Crippen LogP contribution in [0.15, 0.2) is 36.5 Å². The van der Waals surface area contributed by atoms with E-state index in [4.69, 9.17) is 14.5 Å². The number of benzene rings is 1. The van der Waals surface area contributed by atoms with Gasteiger partial charge in [0.1, 0.15) is 24.6 Å². The van der Waals surface area contributed by atoms with E-state index in [9.17, 15) is 4.79 Å². The van der Waals surface area contributed by atoms with Crippen molar-refractivity contribution >= 4 is 22.9 Å². The zero-order valence-electron chi connectivity index (χ0n) is 16.8. The van der Waals surface area contributed by atoms with Gasteiger partial charge in [-0.05, 0) is 37.1 Å². The van der Waals surface area contributed by atoms with Crippen LogP contribution in [0, 0.1) is 0 Å². The summed E-state index contributed by atoms with van der Waals surface area (Å²) in [5.74, 6) is 2.33. The number of hydrogen-bond donors (Lipinski definition) is 2. The molecule has 0 spiro atoms. The smallest absolute Gasteiger partial charge is 0.319 e. The lowest BCUT2D eigenvalue weighted by Gasteiger charge is -2.19. The van der Waals surface area contributed by atoms with Gasteiger partial charge in [-0.3, -0.25) is 0 Å². The highest BCUT2D eigenvalue weighted by Crippen LogP contribution is 2.34. The van der Waals surface area contributed by atoms with Crippen molar-refractivity contribution in [1.29, 1.82) is 0 Å². The Hall–Kier alpha value is -3.29. The van der Waals surface area contributed by atoms with Crippen molar-refractivity contribution in [3.8, 4) is 11.5 Å². The van der Waals surface area contributed by atoms with Crippen molar-refractivity contribution < 1.29 is 14.3 Å². The average Bonchev–Trinajstić information content (AvgIpc) is 3.41. The number of carbonyl (C=O) groups is 1. The summed E-state index contributed by atoms with van der Waals surface area (Å²) in [5.41, 5.74) is 2.53. The SMILES string of the molecule is O=C(NCCc1nc2cccnc2n1C1CCCC1)Nc1ccc2c(c1)OCCO2. The number of imidazole rings is 1. The van der Waals surface area contributed by atoms with Crippen molar-refractivity contribution in [2.75, 3.05) is 25.1 Å². The molecule has 2 aromatic heterocycles. The second-order valence-electron chi connectivity index (χ2n) is 7.67. The molecule has 1 aliphatic carbocycles. The molecule has 8 nitrogen and oxygen atoms in total. The minimum atomic E-state index is -0.256. The molecule has 1 aliphatic heterocycles. The third kappa shape index (κ3) is 3.77. The van der Waals surface area contributed by atoms with Crippen molar-refractivity contribution in [1.82, 2.24) is 19.9 Å². The standard InChI is InChI=1S/C22H25N5O3/c28-22(25-15-7-8-18-19(14-15)30-13-12-29-18)24-11-9-20-26-17-6-3-10-23-21(17)27(20)16-4-1-2-5-16/h3,6-8,10,14,16H,1-2,4-5,9,11-13H2,(H2,24,25,28). The first-order valence-corrected chi connectivity index (χ1v) is 10.5. The quantitative estimate of drug-likeness (QED) is 0.673. The number of nitrogens with one attached hydrogen (secondary N) is 2. The van der Waals surface area contributed by atoms with Crippen LogP contribution in [0.2, 0.25) is 0 Å². The fourth-order valence-corrected chi connectivity index (χ4v) is 4.28. The molecule has 8 heteroatoms. The number of rotatable bonds is 5. The second kappa shape index (κ2) is 8.22. The number of hydrogen-bond acceptors (Lipinski definition) is 5. The lowest BCUT2D eigenvalue weighted by Crippen LogP contribution is -2.31. The molecule has 2 amide bonds. The molecule has 1 aromatic carbocycles. The van der Waals surface area contributed by atoms with Crippen LogP contribution in [0.25, 0.3) is 11.2 Å². The Bertz CT molecular complexity index is 1060. The van der Waals surface area contributed by atoms with Gasteiger partial charge < -0.3 is 24.7 Å². The molecule has 0 unspecified atom stereocenters. The van der Waals surface area contributed by atoms with E-state index in [0.717, 1.165) is 29.8 Å². The van der Waals surface area contributed by atoms with Crippen molar-refractivity contribution in [3.63, 3.8) is 0 Å². The van der Waals surface area contributed by atoms with Crippen LogP contribution in [0.4, 0.5) is 10.5 Å². The molecule has 2 N–H and O–H groups in total. The molecular weight excluding hydrogens is 382 g/mol. The summed E-state index contributed by atoms with van der Waals surface area (Å²) in [4.78, 5) is 21.7. The molecular formula is C22H25N5O3. The van der Waals surface area contributed by atoms with E-state index in [2.05, 4.69) is 20.2 Å². The van der Waals surface area contributed by atoms with Crippen LogP contribution in [-0.2, 0) is 6.42 Å². The number of anilines is 1. The Morgan fingerprint density at radius 2 is 1.97 bits per heavy atom. The number of pyridine rings is 1. The molecule has 2 aliphatic rings. The predicted octanol–water partition coefficient (Wildman–Crippen LogP) is 3.68. The van der Waals surface area contributed by atoms with E-state index in [1.54, 1.807) is 18.2 Å². The molecule has 0 atom stereocenters. The molecule has 3 heterocycles. The predicted molar refractivity (Wildman–Crippen MR) is 113 cm³/mol. The summed E-state index contributed by atoms with van der Waals surface area (Å²) >= 11 is 0. The fourth-order valence-electron chi connectivity index (χ4n) is 4.28. The molecule has 3 aromatic rings. The second-order valence-corrected chi connectivity index (χ2v) is 7.67. The molecule has 30 heavy (non-hydrogen) atoms. The van der Waals surface area contributed by atoms with Crippen LogP contribution in [0.3, 0.4) is 0 Å². The Labute approximate surface area is 174 Å². The maximum Gasteiger partial charge on any atom is 0.319 e. The number of amides is 2. The highest BCUT2D eigenvalue weighted by Gasteiger charge is 2.23. The summed E-state index contributed by atoms with van der Waals surface area (Å²) < 4.78 is 13.4. The molecule has 0 bridgehead atoms. The molecule has 156 valence electrons. The van der Waals surface area contributed by atoms with E-state index in [-0.39, 0.29) is 6.03 Å². The highest BCUT2D eigenvalue weighted by atomic mass is 16.6. The molecule has 0 saturated heterocycles. The minimum absolute atomic E-state index is 0.256. The summed E-state index contributed by atoms with van der Waals surface area (Å²) in [6.45, 7) is 1.55. The maximum atomic E-state index is 12.4. The Kier molecular flexibility index (Phi) is 5.13. The van der Waals surface area contributed by atoms with Crippen LogP contribution in [0.5, 0.6) is 11.5 Å². The molecule has 1 saturated carbocycles. The van der Waals surface area contributed by atoms with E-state index >= 15 is 0 Å². The van der Waals surface area contributed by atoms with Gasteiger partial charge in [0.15, 0.2) is 17.1 Å². The third-order valence-electron chi connectivity index (χ3n) is 5.65. The monoisotopic (exact) mass is 407 g/mol. The van der Waals surface area contributed by atoms with E-state index in [1.165, 1.54) is 12.8 Å². The third-order valence-corrected chi connectivity index (χ3v) is 5.65. The van der Waals surface area contributed by atoms with Gasteiger partial charge in [0.2, 0.25) is 0 Å². The number of nitrogens with zero attached hydrogens (tertiary/aromatic N) is 3. The highest BCUT2D eigenvalue weighted by molar-refractivity contribution is 5.89. The summed E-state index contributed by atoms with van der Waals surface area (Å²) in [6, 6.07) is 9.49. The minimum Gasteiger partial charge on any atom is -0.486 e. The zero-order chi connectivity index (χ0) is 20.3. The van der Waals surface area contributed by atoms with Gasteiger partial charge in [-0.25, -0.2) is 14.8 Å². The largest absolute Gasteiger partial charge is 0.486 e. The van der Waals surface area contributed by atoms with Gasteiger partial charge in [0.05, 0.1) is 0 Å². The molecule has 0 radical (unpaired) electrons. The van der Waals surface area contributed by atoms with Gasteiger partial charge in [-0.1, -0.05) is 12.8 Å². The maximum absolute atomic E-state index is 12.4. The molecule has 5 rings (SSSR count). The number of ether oxygens (including phenoxy) is 2. The Balaban J connectivity index is 1.23. The molecule has 1 fully saturated rings. The number of urea groups is 1. The Morgan fingerprint density at radius 1 is 1.13 bits per heavy atom. The van der Waals surface area contributed by atoms with Gasteiger partial charge >= 0.3 is 6.03 Å². The van der Waals surface area contributed by atoms with E-state index in [0.29, 0.717) is 49.4 Å². The summed E-state index contributed by atoms with van der Waals surface area (Å²) in [6.07, 6.45) is 7.28. The van der Waals surface area contributed by atoms with E-state index < -0.39 is 0 Å². The Morgan fingerprint density at radius 3 is 2.83 bits per heavy atom. The van der Waals surface area contributed by atoms with E-state index in [1.807, 2.05) is 18.3 Å². The topological polar surface area (TPSA) is 90.3 Å². The van der Waals surface area contributed by atoms with Crippen LogP contribution in [0.1, 0.15) is 37.5 Å². The number of carbonyl (C=O) groups excluding carboxylic acids is 1. The van der Waals surface area contributed by atoms with Gasteiger partial charge in [-0.15, -0.1) is 0 Å². The van der Waals surface area contributed by atoms with Gasteiger partial charge in [0, 0.05) is 37.0 Å².